The van der Waals surface area contributed by atoms with E-state index < -0.39 is 23.7 Å². The molecular weight excluding hydrogens is 356 g/mol. The number of nitrogens with zero attached hydrogens (tertiary/aromatic N) is 1. The molecule has 0 saturated carbocycles. The molecule has 0 spiro atoms. The fraction of sp³-hybridized carbons (Fsp3) is 0.579. The largest absolute Gasteiger partial charge is 0.480 e. The van der Waals surface area contributed by atoms with E-state index in [-0.39, 0.29) is 6.42 Å². The van der Waals surface area contributed by atoms with Crippen LogP contribution >= 0.6 is 11.6 Å². The first-order chi connectivity index (χ1) is 12.2. The van der Waals surface area contributed by atoms with Crippen LogP contribution in [0.3, 0.4) is 0 Å². The molecule has 1 aliphatic heterocycles. The van der Waals surface area contributed by atoms with E-state index >= 15 is 0 Å². The van der Waals surface area contributed by atoms with Gasteiger partial charge in [-0.25, -0.2) is 9.59 Å². The summed E-state index contributed by atoms with van der Waals surface area (Å²) in [6.45, 7) is 7.18. The Hall–Kier alpha value is -1.95. The monoisotopic (exact) mass is 382 g/mol. The molecule has 1 saturated heterocycles. The summed E-state index contributed by atoms with van der Waals surface area (Å²) in [5, 5.41) is 12.3. The van der Waals surface area contributed by atoms with Gasteiger partial charge in [-0.15, -0.1) is 0 Å². The molecule has 1 fully saturated rings. The minimum Gasteiger partial charge on any atom is -0.480 e. The molecule has 1 unspecified atom stereocenters. The molecule has 1 atom stereocenters. The van der Waals surface area contributed by atoms with E-state index in [0.29, 0.717) is 10.6 Å². The number of piperidine rings is 1. The summed E-state index contributed by atoms with van der Waals surface area (Å²) in [7, 11) is 0. The molecule has 0 aliphatic carbocycles. The number of aliphatic carboxylic acids is 1. The fourth-order valence-electron chi connectivity index (χ4n) is 2.92. The number of anilines is 1. The molecule has 144 valence electrons. The summed E-state index contributed by atoms with van der Waals surface area (Å²) < 4.78 is 5.13. The predicted molar refractivity (Wildman–Crippen MR) is 102 cm³/mol. The number of benzene rings is 1. The highest BCUT2D eigenvalue weighted by Crippen LogP contribution is 2.27. The Kier molecular flexibility index (Phi) is 6.75. The Morgan fingerprint density at radius 3 is 2.46 bits per heavy atom. The number of alkyl carbamates (subject to hydrolysis) is 1. The Morgan fingerprint density at radius 2 is 1.92 bits per heavy atom. The van der Waals surface area contributed by atoms with Gasteiger partial charge >= 0.3 is 12.1 Å². The van der Waals surface area contributed by atoms with Gasteiger partial charge in [0.15, 0.2) is 0 Å². The molecule has 2 N–H and O–H groups in total. The number of amides is 1. The first-order valence-corrected chi connectivity index (χ1v) is 9.29. The molecule has 6 nitrogen and oxygen atoms in total. The summed E-state index contributed by atoms with van der Waals surface area (Å²) >= 11 is 6.38. The van der Waals surface area contributed by atoms with Crippen molar-refractivity contribution in [1.82, 2.24) is 5.32 Å². The van der Waals surface area contributed by atoms with Crippen molar-refractivity contribution in [3.05, 3.63) is 28.8 Å². The fourth-order valence-corrected chi connectivity index (χ4v) is 3.17. The smallest absolute Gasteiger partial charge is 0.408 e. The lowest BCUT2D eigenvalue weighted by Gasteiger charge is -2.29. The maximum absolute atomic E-state index is 11.9. The molecule has 0 radical (unpaired) electrons. The zero-order valence-corrected chi connectivity index (χ0v) is 16.3. The molecule has 1 aliphatic rings. The topological polar surface area (TPSA) is 78.9 Å². The third-order valence-corrected chi connectivity index (χ3v) is 4.52. The molecule has 26 heavy (non-hydrogen) atoms. The van der Waals surface area contributed by atoms with Crippen molar-refractivity contribution in [2.24, 2.45) is 0 Å². The van der Waals surface area contributed by atoms with Crippen LogP contribution in [-0.4, -0.2) is 41.9 Å². The van der Waals surface area contributed by atoms with E-state index in [1.54, 1.807) is 20.8 Å². The van der Waals surface area contributed by atoms with E-state index in [1.807, 2.05) is 18.2 Å². The lowest BCUT2D eigenvalue weighted by atomic mass is 10.0. The van der Waals surface area contributed by atoms with Gasteiger partial charge in [-0.3, -0.25) is 0 Å². The van der Waals surface area contributed by atoms with Crippen molar-refractivity contribution in [3.63, 3.8) is 0 Å². The van der Waals surface area contributed by atoms with Crippen molar-refractivity contribution in [1.29, 1.82) is 0 Å². The summed E-state index contributed by atoms with van der Waals surface area (Å²) in [5.41, 5.74) is 1.03. The van der Waals surface area contributed by atoms with Gasteiger partial charge < -0.3 is 20.1 Å². The SMILES string of the molecule is CC(C)(C)OC(=O)NC(Cc1ccc(N2CCCCC2)cc1Cl)C(=O)O. The zero-order valence-electron chi connectivity index (χ0n) is 15.5. The number of nitrogens with one attached hydrogen (secondary N) is 1. The summed E-state index contributed by atoms with van der Waals surface area (Å²) in [4.78, 5) is 25.7. The second-order valence-corrected chi connectivity index (χ2v) is 7.97. The van der Waals surface area contributed by atoms with E-state index in [2.05, 4.69) is 10.2 Å². The third kappa shape index (κ3) is 6.09. The van der Waals surface area contributed by atoms with Crippen LogP contribution in [0.4, 0.5) is 10.5 Å². The van der Waals surface area contributed by atoms with Crippen molar-refractivity contribution >= 4 is 29.4 Å². The van der Waals surface area contributed by atoms with Crippen LogP contribution in [0.5, 0.6) is 0 Å². The molecule has 1 amide bonds. The summed E-state index contributed by atoms with van der Waals surface area (Å²) in [5.74, 6) is -1.13. The Balaban J connectivity index is 2.06. The van der Waals surface area contributed by atoms with E-state index in [1.165, 1.54) is 19.3 Å². The average molecular weight is 383 g/mol. The highest BCUT2D eigenvalue weighted by atomic mass is 35.5. The van der Waals surface area contributed by atoms with Gasteiger partial charge in [0.25, 0.3) is 0 Å². The van der Waals surface area contributed by atoms with Crippen LogP contribution < -0.4 is 10.2 Å². The highest BCUT2D eigenvalue weighted by molar-refractivity contribution is 6.31. The van der Waals surface area contributed by atoms with Gasteiger partial charge in [0, 0.05) is 30.2 Å². The van der Waals surface area contributed by atoms with Crippen molar-refractivity contribution in [3.8, 4) is 0 Å². The molecule has 1 aromatic rings. The van der Waals surface area contributed by atoms with Gasteiger partial charge in [0.1, 0.15) is 11.6 Å². The number of ether oxygens (including phenoxy) is 1. The van der Waals surface area contributed by atoms with Crippen LogP contribution in [0.2, 0.25) is 5.02 Å². The molecule has 0 aromatic heterocycles. The van der Waals surface area contributed by atoms with Gasteiger partial charge in [0.2, 0.25) is 0 Å². The second kappa shape index (κ2) is 8.62. The van der Waals surface area contributed by atoms with Crippen LogP contribution in [0.15, 0.2) is 18.2 Å². The molecule has 1 aromatic carbocycles. The minimum atomic E-state index is -1.13. The Morgan fingerprint density at radius 1 is 1.27 bits per heavy atom. The number of carbonyl (C=O) groups excluding carboxylic acids is 1. The first-order valence-electron chi connectivity index (χ1n) is 8.91. The number of hydrogen-bond acceptors (Lipinski definition) is 4. The number of hydrogen-bond donors (Lipinski definition) is 2. The van der Waals surface area contributed by atoms with E-state index in [0.717, 1.165) is 18.8 Å². The number of rotatable bonds is 5. The number of carbonyl (C=O) groups is 2. The first kappa shape index (κ1) is 20.4. The quantitative estimate of drug-likeness (QED) is 0.808. The normalized spacial score (nSPS) is 16.1. The van der Waals surface area contributed by atoms with Gasteiger partial charge in [-0.2, -0.15) is 0 Å². The Labute approximate surface area is 159 Å². The lowest BCUT2D eigenvalue weighted by molar-refractivity contribution is -0.139. The zero-order chi connectivity index (χ0) is 19.3. The van der Waals surface area contributed by atoms with Gasteiger partial charge in [0.05, 0.1) is 0 Å². The van der Waals surface area contributed by atoms with Crippen LogP contribution in [0.1, 0.15) is 45.6 Å². The Bertz CT molecular complexity index is 651. The third-order valence-electron chi connectivity index (χ3n) is 4.17. The maximum atomic E-state index is 11.9. The lowest BCUT2D eigenvalue weighted by Crippen LogP contribution is -2.44. The van der Waals surface area contributed by atoms with Crippen LogP contribution in [-0.2, 0) is 16.0 Å². The molecule has 7 heteroatoms. The van der Waals surface area contributed by atoms with E-state index in [9.17, 15) is 14.7 Å². The van der Waals surface area contributed by atoms with Crippen LogP contribution in [0, 0.1) is 0 Å². The van der Waals surface area contributed by atoms with Gasteiger partial charge in [-0.1, -0.05) is 17.7 Å². The number of halogens is 1. The highest BCUT2D eigenvalue weighted by Gasteiger charge is 2.25. The van der Waals surface area contributed by atoms with Crippen molar-refractivity contribution < 1.29 is 19.4 Å². The summed E-state index contributed by atoms with van der Waals surface area (Å²) in [6.07, 6.45) is 2.92. The van der Waals surface area contributed by atoms with Crippen molar-refractivity contribution in [2.45, 2.75) is 58.1 Å². The molecule has 2 rings (SSSR count). The maximum Gasteiger partial charge on any atom is 0.408 e. The standard InChI is InChI=1S/C19H27ClN2O4/c1-19(2,3)26-18(25)21-16(17(23)24)11-13-7-8-14(12-15(13)20)22-9-5-4-6-10-22/h7-8,12,16H,4-6,9-11H2,1-3H3,(H,21,25)(H,23,24). The number of carboxylic acid groups (broad SMARTS) is 1. The summed E-state index contributed by atoms with van der Waals surface area (Å²) in [6, 6.07) is 4.55. The molecule has 1 heterocycles. The van der Waals surface area contributed by atoms with Crippen molar-refractivity contribution in [2.75, 3.05) is 18.0 Å². The minimum absolute atomic E-state index is 0.0910. The van der Waals surface area contributed by atoms with Gasteiger partial charge in [-0.05, 0) is 57.7 Å². The van der Waals surface area contributed by atoms with E-state index in [4.69, 9.17) is 16.3 Å². The van der Waals surface area contributed by atoms with Crippen LogP contribution in [0.25, 0.3) is 0 Å². The second-order valence-electron chi connectivity index (χ2n) is 7.56. The molecular formula is C19H27ClN2O4. The number of carboxylic acids is 1. The predicted octanol–water partition coefficient (Wildman–Crippen LogP) is 3.85. The molecule has 0 bridgehead atoms. The average Bonchev–Trinajstić information content (AvgIpc) is 2.54.